The molecule has 0 aliphatic heterocycles. The fourth-order valence-corrected chi connectivity index (χ4v) is 3.02. The van der Waals surface area contributed by atoms with Gasteiger partial charge in [-0.25, -0.2) is 0 Å². The number of carbonyl (C=O) groups is 1. The molecule has 0 bridgehead atoms. The van der Waals surface area contributed by atoms with Gasteiger partial charge in [-0.3, -0.25) is 4.79 Å². The third-order valence-corrected chi connectivity index (χ3v) is 4.20. The number of hydrogen-bond acceptors (Lipinski definition) is 4. The van der Waals surface area contributed by atoms with Crippen molar-refractivity contribution in [3.8, 4) is 0 Å². The lowest BCUT2D eigenvalue weighted by atomic mass is 10.1. The molecule has 0 radical (unpaired) electrons. The van der Waals surface area contributed by atoms with E-state index in [1.165, 1.54) is 0 Å². The van der Waals surface area contributed by atoms with Crippen LogP contribution in [-0.2, 0) is 6.54 Å². The number of nitrogens with two attached hydrogens (primary N) is 1. The first-order valence-electron chi connectivity index (χ1n) is 5.70. The number of carbonyl (C=O) groups excluding carboxylic acids is 1. The molecule has 2 rings (SSSR count). The van der Waals surface area contributed by atoms with Crippen LogP contribution in [0, 0.1) is 0 Å². The van der Waals surface area contributed by atoms with Crippen LogP contribution in [0.2, 0.25) is 0 Å². The first kappa shape index (κ1) is 14.5. The minimum atomic E-state index is -0.206. The summed E-state index contributed by atoms with van der Waals surface area (Å²) in [7, 11) is 0. The van der Waals surface area contributed by atoms with Crippen molar-refractivity contribution < 1.29 is 10.0 Å². The highest BCUT2D eigenvalue weighted by Gasteiger charge is 2.08. The van der Waals surface area contributed by atoms with Crippen molar-refractivity contribution >= 4 is 39.0 Å². The van der Waals surface area contributed by atoms with Crippen molar-refractivity contribution in [3.63, 3.8) is 0 Å². The van der Waals surface area contributed by atoms with Crippen LogP contribution in [0.3, 0.4) is 0 Å². The van der Waals surface area contributed by atoms with Crippen molar-refractivity contribution in [2.75, 3.05) is 0 Å². The zero-order valence-electron chi connectivity index (χ0n) is 10.3. The molecule has 0 atom stereocenters. The highest BCUT2D eigenvalue weighted by Crippen LogP contribution is 2.21. The molecule has 1 heterocycles. The molecule has 0 aliphatic rings. The maximum Gasteiger partial charge on any atom is 0.251 e. The fourth-order valence-electron chi connectivity index (χ4n) is 1.59. The van der Waals surface area contributed by atoms with Crippen LogP contribution in [0.4, 0.5) is 0 Å². The van der Waals surface area contributed by atoms with Gasteiger partial charge in [0, 0.05) is 16.0 Å². The third-order valence-electron chi connectivity index (χ3n) is 2.58. The summed E-state index contributed by atoms with van der Waals surface area (Å²) in [5, 5.41) is 14.4. The monoisotopic (exact) mass is 353 g/mol. The molecule has 2 aromatic rings. The molecule has 0 spiro atoms. The Morgan fingerprint density at radius 2 is 2.10 bits per heavy atom. The first-order valence-corrected chi connectivity index (χ1v) is 7.31. The van der Waals surface area contributed by atoms with Gasteiger partial charge >= 0.3 is 0 Å². The molecule has 0 saturated carbocycles. The Hall–Kier alpha value is -1.86. The number of benzene rings is 1. The minimum Gasteiger partial charge on any atom is -0.409 e. The summed E-state index contributed by atoms with van der Waals surface area (Å²) < 4.78 is 1.02. The van der Waals surface area contributed by atoms with Gasteiger partial charge < -0.3 is 16.3 Å². The van der Waals surface area contributed by atoms with E-state index in [4.69, 9.17) is 10.9 Å². The van der Waals surface area contributed by atoms with Gasteiger partial charge in [0.2, 0.25) is 0 Å². The molecular weight excluding hydrogens is 342 g/mol. The van der Waals surface area contributed by atoms with Crippen molar-refractivity contribution in [1.29, 1.82) is 0 Å². The molecule has 20 heavy (non-hydrogen) atoms. The molecule has 0 aliphatic carbocycles. The second-order valence-electron chi connectivity index (χ2n) is 3.95. The lowest BCUT2D eigenvalue weighted by molar-refractivity contribution is 0.0951. The van der Waals surface area contributed by atoms with Gasteiger partial charge in [-0.15, -0.1) is 11.3 Å². The molecule has 7 heteroatoms. The van der Waals surface area contributed by atoms with Crippen LogP contribution in [0.25, 0.3) is 0 Å². The summed E-state index contributed by atoms with van der Waals surface area (Å²) in [6.45, 7) is 0.461. The molecule has 4 N–H and O–H groups in total. The molecule has 1 amide bonds. The van der Waals surface area contributed by atoms with E-state index in [2.05, 4.69) is 26.4 Å². The van der Waals surface area contributed by atoms with E-state index in [9.17, 15) is 4.79 Å². The Balaban J connectivity index is 2.05. The molecule has 5 nitrogen and oxygen atoms in total. The van der Waals surface area contributed by atoms with Crippen LogP contribution in [-0.4, -0.2) is 17.0 Å². The topological polar surface area (TPSA) is 87.7 Å². The Morgan fingerprint density at radius 1 is 1.35 bits per heavy atom. The van der Waals surface area contributed by atoms with Gasteiger partial charge in [-0.05, 0) is 40.2 Å². The van der Waals surface area contributed by atoms with E-state index in [0.717, 1.165) is 8.66 Å². The van der Waals surface area contributed by atoms with E-state index < -0.39 is 0 Å². The Bertz CT molecular complexity index is 655. The smallest absolute Gasteiger partial charge is 0.251 e. The van der Waals surface area contributed by atoms with E-state index >= 15 is 0 Å². The standard InChI is InChI=1S/C13H12BrN3O2S/c14-11-5-4-10(20-11)7-16-13(18)9-3-1-2-8(6-9)12(15)17-19/h1-6,19H,7H2,(H2,15,17)(H,16,18). The molecule has 1 aromatic heterocycles. The number of oxime groups is 1. The number of rotatable bonds is 4. The van der Waals surface area contributed by atoms with Gasteiger partial charge in [0.1, 0.15) is 0 Å². The molecule has 0 saturated heterocycles. The number of thiophene rings is 1. The zero-order valence-corrected chi connectivity index (χ0v) is 12.7. The summed E-state index contributed by atoms with van der Waals surface area (Å²) in [6, 6.07) is 10.5. The van der Waals surface area contributed by atoms with Gasteiger partial charge in [0.25, 0.3) is 5.91 Å². The predicted molar refractivity (Wildman–Crippen MR) is 82.1 cm³/mol. The Kier molecular flexibility index (Phi) is 4.75. The molecule has 104 valence electrons. The SMILES string of the molecule is NC(=NO)c1cccc(C(=O)NCc2ccc(Br)s2)c1. The predicted octanol–water partition coefficient (Wildman–Crippen LogP) is 2.54. The number of amidine groups is 1. The number of halogens is 1. The summed E-state index contributed by atoms with van der Waals surface area (Å²) in [6.07, 6.45) is 0. The number of hydrogen-bond donors (Lipinski definition) is 3. The summed E-state index contributed by atoms with van der Waals surface area (Å²) in [5.74, 6) is -0.232. The van der Waals surface area contributed by atoms with Crippen LogP contribution in [0.15, 0.2) is 45.3 Å². The maximum atomic E-state index is 12.0. The maximum absolute atomic E-state index is 12.0. The largest absolute Gasteiger partial charge is 0.409 e. The molecule has 1 aromatic carbocycles. The van der Waals surface area contributed by atoms with Gasteiger partial charge in [0.15, 0.2) is 5.84 Å². The number of amides is 1. The van der Waals surface area contributed by atoms with E-state index in [1.807, 2.05) is 12.1 Å². The average molecular weight is 354 g/mol. The second-order valence-corrected chi connectivity index (χ2v) is 6.50. The first-order chi connectivity index (χ1) is 9.60. The summed E-state index contributed by atoms with van der Waals surface area (Å²) in [5.41, 5.74) is 6.46. The van der Waals surface area contributed by atoms with Crippen molar-refractivity contribution in [2.45, 2.75) is 6.54 Å². The lowest BCUT2D eigenvalue weighted by Crippen LogP contribution is -2.23. The quantitative estimate of drug-likeness (QED) is 0.341. The Labute approximate surface area is 128 Å². The van der Waals surface area contributed by atoms with Crippen LogP contribution >= 0.6 is 27.3 Å². The second kappa shape index (κ2) is 6.53. The van der Waals surface area contributed by atoms with Gasteiger partial charge in [-0.2, -0.15) is 0 Å². The lowest BCUT2D eigenvalue weighted by Gasteiger charge is -2.05. The van der Waals surface area contributed by atoms with Gasteiger partial charge in [0.05, 0.1) is 10.3 Å². The Morgan fingerprint density at radius 3 is 2.75 bits per heavy atom. The van der Waals surface area contributed by atoms with E-state index in [-0.39, 0.29) is 11.7 Å². The third kappa shape index (κ3) is 3.58. The van der Waals surface area contributed by atoms with Crippen molar-refractivity contribution in [3.05, 3.63) is 56.2 Å². The minimum absolute atomic E-state index is 0.0261. The normalized spacial score (nSPS) is 11.3. The van der Waals surface area contributed by atoms with Crippen LogP contribution in [0.5, 0.6) is 0 Å². The summed E-state index contributed by atoms with van der Waals surface area (Å²) in [4.78, 5) is 13.1. The highest BCUT2D eigenvalue weighted by molar-refractivity contribution is 9.11. The highest BCUT2D eigenvalue weighted by atomic mass is 79.9. The van der Waals surface area contributed by atoms with Crippen molar-refractivity contribution in [1.82, 2.24) is 5.32 Å². The number of nitrogens with one attached hydrogen (secondary N) is 1. The molecule has 0 fully saturated rings. The zero-order chi connectivity index (χ0) is 14.5. The van der Waals surface area contributed by atoms with Crippen molar-refractivity contribution in [2.24, 2.45) is 10.9 Å². The number of nitrogens with zero attached hydrogens (tertiary/aromatic N) is 1. The summed E-state index contributed by atoms with van der Waals surface area (Å²) >= 11 is 4.94. The van der Waals surface area contributed by atoms with E-state index in [1.54, 1.807) is 35.6 Å². The van der Waals surface area contributed by atoms with E-state index in [0.29, 0.717) is 17.7 Å². The fraction of sp³-hybridized carbons (Fsp3) is 0.0769. The van der Waals surface area contributed by atoms with Crippen LogP contribution in [0.1, 0.15) is 20.8 Å². The van der Waals surface area contributed by atoms with Crippen LogP contribution < -0.4 is 11.1 Å². The molecular formula is C13H12BrN3O2S. The van der Waals surface area contributed by atoms with Gasteiger partial charge in [-0.1, -0.05) is 17.3 Å². The average Bonchev–Trinajstić information content (AvgIpc) is 2.89. The molecule has 0 unspecified atom stereocenters.